The van der Waals surface area contributed by atoms with Gasteiger partial charge in [0, 0.05) is 4.47 Å². The standard InChI is InChI=1S/C13H13BrN2O2/c1-2-18-13(17)7-12-15-8-11(16-12)9-3-5-10(14)6-4-9/h3-6,8H,2,7H2,1H3,(H,15,16). The van der Waals surface area contributed by atoms with E-state index in [1.165, 1.54) is 0 Å². The van der Waals surface area contributed by atoms with Gasteiger partial charge in [-0.25, -0.2) is 4.98 Å². The van der Waals surface area contributed by atoms with Crippen molar-refractivity contribution in [3.8, 4) is 11.3 Å². The first kappa shape index (κ1) is 12.8. The molecule has 1 N–H and O–H groups in total. The van der Waals surface area contributed by atoms with Gasteiger partial charge in [0.2, 0.25) is 0 Å². The van der Waals surface area contributed by atoms with Crippen molar-refractivity contribution in [3.63, 3.8) is 0 Å². The topological polar surface area (TPSA) is 55.0 Å². The Morgan fingerprint density at radius 2 is 2.11 bits per heavy atom. The number of H-pyrrole nitrogens is 1. The molecule has 0 aliphatic heterocycles. The maximum atomic E-state index is 11.3. The van der Waals surface area contributed by atoms with E-state index >= 15 is 0 Å². The van der Waals surface area contributed by atoms with E-state index in [1.54, 1.807) is 13.1 Å². The van der Waals surface area contributed by atoms with E-state index < -0.39 is 0 Å². The second-order valence-corrected chi connectivity index (χ2v) is 4.65. The summed E-state index contributed by atoms with van der Waals surface area (Å²) in [4.78, 5) is 18.6. The van der Waals surface area contributed by atoms with E-state index in [4.69, 9.17) is 4.74 Å². The summed E-state index contributed by atoms with van der Waals surface area (Å²) < 4.78 is 5.90. The molecule has 0 spiro atoms. The van der Waals surface area contributed by atoms with E-state index in [-0.39, 0.29) is 12.4 Å². The number of benzene rings is 1. The van der Waals surface area contributed by atoms with Gasteiger partial charge in [-0.15, -0.1) is 0 Å². The molecule has 1 heterocycles. The SMILES string of the molecule is CCOC(=O)Cc1ncc(-c2ccc(Br)cc2)[nH]1. The van der Waals surface area contributed by atoms with Crippen LogP contribution in [0.3, 0.4) is 0 Å². The van der Waals surface area contributed by atoms with Crippen LogP contribution < -0.4 is 0 Å². The Morgan fingerprint density at radius 1 is 1.39 bits per heavy atom. The minimum atomic E-state index is -0.269. The molecule has 0 aliphatic rings. The van der Waals surface area contributed by atoms with E-state index in [2.05, 4.69) is 25.9 Å². The van der Waals surface area contributed by atoms with E-state index in [9.17, 15) is 4.79 Å². The number of esters is 1. The van der Waals surface area contributed by atoms with Gasteiger partial charge in [-0.3, -0.25) is 4.79 Å². The van der Waals surface area contributed by atoms with E-state index in [0.29, 0.717) is 12.4 Å². The molecule has 5 heteroatoms. The number of nitrogens with zero attached hydrogens (tertiary/aromatic N) is 1. The number of hydrogen-bond acceptors (Lipinski definition) is 3. The first-order valence-electron chi connectivity index (χ1n) is 5.64. The van der Waals surface area contributed by atoms with Crippen LogP contribution in [0.5, 0.6) is 0 Å². The van der Waals surface area contributed by atoms with Crippen LogP contribution in [0.25, 0.3) is 11.3 Å². The Kier molecular flexibility index (Phi) is 4.15. The number of carbonyl (C=O) groups is 1. The smallest absolute Gasteiger partial charge is 0.313 e. The monoisotopic (exact) mass is 308 g/mol. The normalized spacial score (nSPS) is 10.3. The molecule has 94 valence electrons. The lowest BCUT2D eigenvalue weighted by molar-refractivity contribution is -0.142. The van der Waals surface area contributed by atoms with Crippen molar-refractivity contribution < 1.29 is 9.53 Å². The molecule has 0 radical (unpaired) electrons. The molecule has 0 unspecified atom stereocenters. The number of ether oxygens (including phenoxy) is 1. The van der Waals surface area contributed by atoms with Gasteiger partial charge in [-0.2, -0.15) is 0 Å². The highest BCUT2D eigenvalue weighted by Gasteiger charge is 2.08. The molecule has 0 bridgehead atoms. The number of aromatic amines is 1. The summed E-state index contributed by atoms with van der Waals surface area (Å²) in [6.07, 6.45) is 1.89. The minimum absolute atomic E-state index is 0.171. The predicted octanol–water partition coefficient (Wildman–Crippen LogP) is 2.94. The Balaban J connectivity index is 2.10. The van der Waals surface area contributed by atoms with Crippen LogP contribution in [0.4, 0.5) is 0 Å². The van der Waals surface area contributed by atoms with Gasteiger partial charge in [0.05, 0.1) is 18.5 Å². The van der Waals surface area contributed by atoms with Crippen molar-refractivity contribution in [1.82, 2.24) is 9.97 Å². The molecule has 1 aromatic heterocycles. The fraction of sp³-hybridized carbons (Fsp3) is 0.231. The van der Waals surface area contributed by atoms with Crippen molar-refractivity contribution in [1.29, 1.82) is 0 Å². The molecular formula is C13H13BrN2O2. The highest BCUT2D eigenvalue weighted by Crippen LogP contribution is 2.20. The molecule has 2 rings (SSSR count). The summed E-state index contributed by atoms with van der Waals surface area (Å²) in [6, 6.07) is 7.87. The number of nitrogens with one attached hydrogen (secondary N) is 1. The summed E-state index contributed by atoms with van der Waals surface area (Å²) in [6.45, 7) is 2.17. The predicted molar refractivity (Wildman–Crippen MR) is 72.1 cm³/mol. The van der Waals surface area contributed by atoms with Crippen LogP contribution in [0.15, 0.2) is 34.9 Å². The van der Waals surface area contributed by atoms with Crippen LogP contribution in [0.2, 0.25) is 0 Å². The maximum absolute atomic E-state index is 11.3. The van der Waals surface area contributed by atoms with E-state index in [0.717, 1.165) is 15.7 Å². The van der Waals surface area contributed by atoms with Crippen LogP contribution in [-0.2, 0) is 16.0 Å². The fourth-order valence-corrected chi connectivity index (χ4v) is 1.84. The zero-order valence-electron chi connectivity index (χ0n) is 9.94. The number of imidazole rings is 1. The van der Waals surface area contributed by atoms with Gasteiger partial charge < -0.3 is 9.72 Å². The van der Waals surface area contributed by atoms with Crippen LogP contribution in [-0.4, -0.2) is 22.5 Å². The fourth-order valence-electron chi connectivity index (χ4n) is 1.58. The summed E-state index contributed by atoms with van der Waals surface area (Å²) >= 11 is 3.39. The van der Waals surface area contributed by atoms with Crippen LogP contribution >= 0.6 is 15.9 Å². The van der Waals surface area contributed by atoms with Gasteiger partial charge in [-0.05, 0) is 24.6 Å². The number of aromatic nitrogens is 2. The van der Waals surface area contributed by atoms with Crippen molar-refractivity contribution in [2.24, 2.45) is 0 Å². The molecule has 18 heavy (non-hydrogen) atoms. The zero-order valence-corrected chi connectivity index (χ0v) is 11.5. The average molecular weight is 309 g/mol. The van der Waals surface area contributed by atoms with Crippen molar-refractivity contribution in [3.05, 3.63) is 40.8 Å². The van der Waals surface area contributed by atoms with Crippen LogP contribution in [0, 0.1) is 0 Å². The van der Waals surface area contributed by atoms with Gasteiger partial charge in [0.15, 0.2) is 0 Å². The molecule has 4 nitrogen and oxygen atoms in total. The summed E-state index contributed by atoms with van der Waals surface area (Å²) in [7, 11) is 0. The van der Waals surface area contributed by atoms with Gasteiger partial charge >= 0.3 is 5.97 Å². The number of halogens is 1. The highest BCUT2D eigenvalue weighted by atomic mass is 79.9. The summed E-state index contributed by atoms with van der Waals surface area (Å²) in [5.41, 5.74) is 1.92. The lowest BCUT2D eigenvalue weighted by Crippen LogP contribution is -2.08. The summed E-state index contributed by atoms with van der Waals surface area (Å²) in [5, 5.41) is 0. The second-order valence-electron chi connectivity index (χ2n) is 3.73. The molecule has 0 saturated carbocycles. The second kappa shape index (κ2) is 5.82. The maximum Gasteiger partial charge on any atom is 0.313 e. The molecular weight excluding hydrogens is 296 g/mol. The molecule has 2 aromatic rings. The number of rotatable bonds is 4. The lowest BCUT2D eigenvalue weighted by Gasteiger charge is -1.99. The van der Waals surface area contributed by atoms with Gasteiger partial charge in [-0.1, -0.05) is 28.1 Å². The quantitative estimate of drug-likeness (QED) is 0.884. The average Bonchev–Trinajstić information content (AvgIpc) is 2.78. The summed E-state index contributed by atoms with van der Waals surface area (Å²) in [5.74, 6) is 0.348. The van der Waals surface area contributed by atoms with Gasteiger partial charge in [0.1, 0.15) is 12.2 Å². The van der Waals surface area contributed by atoms with Crippen molar-refractivity contribution in [2.75, 3.05) is 6.61 Å². The molecule has 0 saturated heterocycles. The van der Waals surface area contributed by atoms with E-state index in [1.807, 2.05) is 24.3 Å². The minimum Gasteiger partial charge on any atom is -0.466 e. The van der Waals surface area contributed by atoms with Crippen molar-refractivity contribution >= 4 is 21.9 Å². The Hall–Kier alpha value is -1.62. The zero-order chi connectivity index (χ0) is 13.0. The first-order chi connectivity index (χ1) is 8.69. The first-order valence-corrected chi connectivity index (χ1v) is 6.43. The highest BCUT2D eigenvalue weighted by molar-refractivity contribution is 9.10. The Morgan fingerprint density at radius 3 is 2.78 bits per heavy atom. The third-order valence-corrected chi connectivity index (χ3v) is 2.93. The molecule has 0 atom stereocenters. The van der Waals surface area contributed by atoms with Gasteiger partial charge in [0.25, 0.3) is 0 Å². The molecule has 0 aliphatic carbocycles. The molecule has 0 fully saturated rings. The molecule has 0 amide bonds. The molecule has 1 aromatic carbocycles. The lowest BCUT2D eigenvalue weighted by atomic mass is 10.2. The largest absolute Gasteiger partial charge is 0.466 e. The third kappa shape index (κ3) is 3.20. The number of carbonyl (C=O) groups excluding carboxylic acids is 1. The number of hydrogen-bond donors (Lipinski definition) is 1. The Bertz CT molecular complexity index is 534. The van der Waals surface area contributed by atoms with Crippen LogP contribution in [0.1, 0.15) is 12.7 Å². The van der Waals surface area contributed by atoms with Crippen molar-refractivity contribution in [2.45, 2.75) is 13.3 Å². The third-order valence-electron chi connectivity index (χ3n) is 2.40. The Labute approximate surface area is 114 Å².